The van der Waals surface area contributed by atoms with Gasteiger partial charge >= 0.3 is 5.69 Å². The predicted octanol–water partition coefficient (Wildman–Crippen LogP) is 2.79. The summed E-state index contributed by atoms with van der Waals surface area (Å²) in [7, 11) is 0. The molecule has 0 amide bonds. The molecule has 0 spiro atoms. The fourth-order valence-electron chi connectivity index (χ4n) is 3.73. The van der Waals surface area contributed by atoms with Crippen LogP contribution in [0.4, 0.5) is 0 Å². The fraction of sp³-hybridized carbons (Fsp3) is 0.455. The molecule has 0 N–H and O–H groups in total. The molecule has 2 fully saturated rings. The van der Waals surface area contributed by atoms with Crippen molar-refractivity contribution in [2.75, 3.05) is 13.2 Å². The topological polar surface area (TPSA) is 53.4 Å². The van der Waals surface area contributed by atoms with Crippen LogP contribution in [-0.2, 0) is 17.7 Å². The molecule has 3 aliphatic rings. The van der Waals surface area contributed by atoms with E-state index in [2.05, 4.69) is 29.0 Å². The van der Waals surface area contributed by atoms with Crippen molar-refractivity contribution >= 4 is 0 Å². The van der Waals surface area contributed by atoms with E-state index in [0.29, 0.717) is 24.9 Å². The Balaban J connectivity index is 1.43. The van der Waals surface area contributed by atoms with Crippen molar-refractivity contribution < 1.29 is 9.47 Å². The molecule has 0 radical (unpaired) electrons. The second-order valence-electron chi connectivity index (χ2n) is 7.53. The number of nitrogens with zero attached hydrogens (tertiary/aromatic N) is 2. The number of aryl methyl sites for hydroxylation is 1. The SMILES string of the molecule is O=c1nc(OCC2CCCO2)cc2n1CCc1cc(C#CC3CC3)ccc1-2. The zero-order valence-electron chi connectivity index (χ0n) is 15.2. The highest BCUT2D eigenvalue weighted by Gasteiger charge is 2.21. The summed E-state index contributed by atoms with van der Waals surface area (Å²) >= 11 is 0. The first-order valence-corrected chi connectivity index (χ1v) is 9.77. The average molecular weight is 362 g/mol. The van der Waals surface area contributed by atoms with Crippen molar-refractivity contribution in [1.29, 1.82) is 0 Å². The Labute approximate surface area is 158 Å². The highest BCUT2D eigenvalue weighted by Crippen LogP contribution is 2.31. The quantitative estimate of drug-likeness (QED) is 0.788. The minimum atomic E-state index is -0.252. The van der Waals surface area contributed by atoms with E-state index in [1.165, 1.54) is 18.4 Å². The van der Waals surface area contributed by atoms with E-state index in [1.807, 2.05) is 12.1 Å². The molecule has 1 unspecified atom stereocenters. The molecule has 3 heterocycles. The lowest BCUT2D eigenvalue weighted by Gasteiger charge is -2.22. The monoisotopic (exact) mass is 362 g/mol. The molecule has 2 aromatic rings. The molecule has 5 heteroatoms. The maximum Gasteiger partial charge on any atom is 0.351 e. The van der Waals surface area contributed by atoms with Gasteiger partial charge in [-0.1, -0.05) is 17.9 Å². The van der Waals surface area contributed by atoms with Crippen LogP contribution >= 0.6 is 0 Å². The molecular weight excluding hydrogens is 340 g/mol. The Morgan fingerprint density at radius 1 is 1.26 bits per heavy atom. The van der Waals surface area contributed by atoms with Gasteiger partial charge in [-0.2, -0.15) is 4.98 Å². The maximum absolute atomic E-state index is 12.5. The van der Waals surface area contributed by atoms with Crippen LogP contribution in [0.2, 0.25) is 0 Å². The van der Waals surface area contributed by atoms with Crippen LogP contribution in [0.15, 0.2) is 29.1 Å². The van der Waals surface area contributed by atoms with Gasteiger partial charge in [0.05, 0.1) is 11.8 Å². The van der Waals surface area contributed by atoms with Gasteiger partial charge in [-0.25, -0.2) is 4.79 Å². The summed E-state index contributed by atoms with van der Waals surface area (Å²) in [5.41, 5.74) is 3.98. The van der Waals surface area contributed by atoms with Crippen LogP contribution in [-0.4, -0.2) is 28.9 Å². The largest absolute Gasteiger partial charge is 0.475 e. The maximum atomic E-state index is 12.5. The molecule has 1 saturated heterocycles. The highest BCUT2D eigenvalue weighted by molar-refractivity contribution is 5.68. The summed E-state index contributed by atoms with van der Waals surface area (Å²) < 4.78 is 13.1. The first-order valence-electron chi connectivity index (χ1n) is 9.77. The van der Waals surface area contributed by atoms with Crippen LogP contribution in [0.25, 0.3) is 11.3 Å². The molecule has 1 aliphatic carbocycles. The van der Waals surface area contributed by atoms with Gasteiger partial charge in [-0.05, 0) is 49.8 Å². The summed E-state index contributed by atoms with van der Waals surface area (Å²) in [6, 6.07) is 8.15. The lowest BCUT2D eigenvalue weighted by Crippen LogP contribution is -2.29. The second-order valence-corrected chi connectivity index (χ2v) is 7.53. The Kier molecular flexibility index (Phi) is 4.21. The van der Waals surface area contributed by atoms with Crippen molar-refractivity contribution in [2.45, 2.75) is 44.8 Å². The van der Waals surface area contributed by atoms with E-state index in [9.17, 15) is 4.79 Å². The molecule has 2 aliphatic heterocycles. The van der Waals surface area contributed by atoms with Gasteiger partial charge in [0, 0.05) is 36.3 Å². The number of fused-ring (bicyclic) bond motifs is 3. The number of rotatable bonds is 3. The number of benzene rings is 1. The fourth-order valence-corrected chi connectivity index (χ4v) is 3.73. The molecule has 27 heavy (non-hydrogen) atoms. The molecule has 5 rings (SSSR count). The zero-order chi connectivity index (χ0) is 18.2. The van der Waals surface area contributed by atoms with Crippen molar-refractivity contribution in [2.24, 2.45) is 5.92 Å². The van der Waals surface area contributed by atoms with Gasteiger partial charge in [0.1, 0.15) is 6.61 Å². The van der Waals surface area contributed by atoms with Crippen LogP contribution in [0.5, 0.6) is 5.88 Å². The molecule has 138 valence electrons. The molecule has 1 saturated carbocycles. The first kappa shape index (κ1) is 16.6. The Hall–Kier alpha value is -2.58. The van der Waals surface area contributed by atoms with Crippen molar-refractivity contribution in [3.63, 3.8) is 0 Å². The zero-order valence-corrected chi connectivity index (χ0v) is 15.2. The Morgan fingerprint density at radius 3 is 3.00 bits per heavy atom. The van der Waals surface area contributed by atoms with E-state index in [0.717, 1.165) is 42.7 Å². The average Bonchev–Trinajstić information content (AvgIpc) is 3.37. The third-order valence-corrected chi connectivity index (χ3v) is 5.41. The van der Waals surface area contributed by atoms with Gasteiger partial charge in [0.15, 0.2) is 0 Å². The van der Waals surface area contributed by atoms with Crippen molar-refractivity contribution in [3.8, 4) is 29.0 Å². The van der Waals surface area contributed by atoms with Gasteiger partial charge in [-0.3, -0.25) is 4.57 Å². The number of hydrogen-bond donors (Lipinski definition) is 0. The molecular formula is C22H22N2O3. The highest BCUT2D eigenvalue weighted by atomic mass is 16.5. The minimum absolute atomic E-state index is 0.102. The molecule has 0 bridgehead atoms. The number of ether oxygens (including phenoxy) is 2. The van der Waals surface area contributed by atoms with E-state index in [-0.39, 0.29) is 11.8 Å². The van der Waals surface area contributed by atoms with Gasteiger partial charge in [0.2, 0.25) is 5.88 Å². The summed E-state index contributed by atoms with van der Waals surface area (Å²) in [6.45, 7) is 1.87. The van der Waals surface area contributed by atoms with Crippen LogP contribution < -0.4 is 10.4 Å². The minimum Gasteiger partial charge on any atom is -0.475 e. The summed E-state index contributed by atoms with van der Waals surface area (Å²) in [6.07, 6.45) is 5.45. The molecule has 1 atom stereocenters. The van der Waals surface area contributed by atoms with E-state index < -0.39 is 0 Å². The van der Waals surface area contributed by atoms with Crippen molar-refractivity contribution in [3.05, 3.63) is 45.9 Å². The van der Waals surface area contributed by atoms with Gasteiger partial charge in [-0.15, -0.1) is 0 Å². The lowest BCUT2D eigenvalue weighted by atomic mass is 9.95. The van der Waals surface area contributed by atoms with E-state index >= 15 is 0 Å². The van der Waals surface area contributed by atoms with Crippen molar-refractivity contribution in [1.82, 2.24) is 9.55 Å². The standard InChI is InChI=1S/C22H22N2O3/c25-22-23-21(27-14-18-2-1-11-26-18)13-20-19-8-7-16(6-5-15-3-4-15)12-17(19)9-10-24(20)22/h7-8,12-13,15,18H,1-4,9-11,14H2. The second kappa shape index (κ2) is 6.86. The smallest absolute Gasteiger partial charge is 0.351 e. The molecule has 5 nitrogen and oxygen atoms in total. The van der Waals surface area contributed by atoms with Crippen LogP contribution in [0.1, 0.15) is 36.8 Å². The van der Waals surface area contributed by atoms with Gasteiger partial charge < -0.3 is 9.47 Å². The third kappa shape index (κ3) is 3.50. The molecule has 1 aromatic carbocycles. The third-order valence-electron chi connectivity index (χ3n) is 5.41. The van der Waals surface area contributed by atoms with E-state index in [4.69, 9.17) is 9.47 Å². The summed E-state index contributed by atoms with van der Waals surface area (Å²) in [5, 5.41) is 0. The van der Waals surface area contributed by atoms with E-state index in [1.54, 1.807) is 4.57 Å². The summed E-state index contributed by atoms with van der Waals surface area (Å²) in [5.74, 6) is 7.57. The molecule has 1 aromatic heterocycles. The summed E-state index contributed by atoms with van der Waals surface area (Å²) in [4.78, 5) is 16.6. The Morgan fingerprint density at radius 2 is 2.19 bits per heavy atom. The van der Waals surface area contributed by atoms with Crippen LogP contribution in [0, 0.1) is 17.8 Å². The van der Waals surface area contributed by atoms with Gasteiger partial charge in [0.25, 0.3) is 0 Å². The van der Waals surface area contributed by atoms with Crippen LogP contribution in [0.3, 0.4) is 0 Å². The Bertz CT molecular complexity index is 989. The number of aromatic nitrogens is 2. The predicted molar refractivity (Wildman–Crippen MR) is 102 cm³/mol. The lowest BCUT2D eigenvalue weighted by molar-refractivity contribution is 0.0661. The first-order chi connectivity index (χ1) is 13.3. The number of hydrogen-bond acceptors (Lipinski definition) is 4. The normalized spacial score (nSPS) is 20.4.